The van der Waals surface area contributed by atoms with Crippen LogP contribution >= 0.6 is 0 Å². The predicted molar refractivity (Wildman–Crippen MR) is 89.6 cm³/mol. The first-order chi connectivity index (χ1) is 10.6. The van der Waals surface area contributed by atoms with E-state index in [1.807, 2.05) is 17.0 Å². The van der Waals surface area contributed by atoms with Crippen LogP contribution in [0.1, 0.15) is 45.1 Å². The molecule has 2 N–H and O–H groups in total. The highest BCUT2D eigenvalue weighted by atomic mass is 19.1. The fourth-order valence-electron chi connectivity index (χ4n) is 3.02. The Labute approximate surface area is 133 Å². The van der Waals surface area contributed by atoms with Gasteiger partial charge in [-0.25, -0.2) is 4.39 Å². The lowest BCUT2D eigenvalue weighted by Gasteiger charge is -2.31. The topological polar surface area (TPSA) is 35.5 Å². The van der Waals surface area contributed by atoms with Gasteiger partial charge in [-0.1, -0.05) is 32.8 Å². The minimum absolute atomic E-state index is 0.154. The van der Waals surface area contributed by atoms with Crippen molar-refractivity contribution in [1.29, 1.82) is 0 Å². The van der Waals surface area contributed by atoms with E-state index in [4.69, 9.17) is 0 Å². The van der Waals surface area contributed by atoms with Crippen molar-refractivity contribution in [1.82, 2.24) is 5.32 Å². The van der Waals surface area contributed by atoms with Crippen molar-refractivity contribution < 1.29 is 9.50 Å². The molecule has 1 fully saturated rings. The molecular weight excluding hydrogens is 279 g/mol. The van der Waals surface area contributed by atoms with Crippen LogP contribution < -0.4 is 10.2 Å². The second-order valence-electron chi connectivity index (χ2n) is 6.32. The lowest BCUT2D eigenvalue weighted by molar-refractivity contribution is 0.145. The molecule has 0 unspecified atom stereocenters. The molecule has 1 aliphatic heterocycles. The van der Waals surface area contributed by atoms with Gasteiger partial charge in [0.1, 0.15) is 5.82 Å². The smallest absolute Gasteiger partial charge is 0.146 e. The molecule has 0 saturated carbocycles. The summed E-state index contributed by atoms with van der Waals surface area (Å²) in [6.45, 7) is 7.57. The van der Waals surface area contributed by atoms with Gasteiger partial charge in [0.2, 0.25) is 0 Å². The van der Waals surface area contributed by atoms with Crippen LogP contribution in [0.3, 0.4) is 0 Å². The number of rotatable bonds is 7. The number of halogens is 1. The number of piperidine rings is 1. The maximum Gasteiger partial charge on any atom is 0.146 e. The summed E-state index contributed by atoms with van der Waals surface area (Å²) < 4.78 is 14.3. The molecule has 0 radical (unpaired) electrons. The number of benzene rings is 1. The summed E-state index contributed by atoms with van der Waals surface area (Å²) in [5, 5.41) is 13.0. The maximum absolute atomic E-state index is 14.3. The molecule has 3 nitrogen and oxygen atoms in total. The van der Waals surface area contributed by atoms with Crippen LogP contribution in [-0.2, 0) is 6.54 Å². The summed E-state index contributed by atoms with van der Waals surface area (Å²) in [5.41, 5.74) is 1.65. The van der Waals surface area contributed by atoms with Gasteiger partial charge in [0, 0.05) is 19.6 Å². The number of nitrogens with zero attached hydrogens (tertiary/aromatic N) is 1. The third kappa shape index (κ3) is 4.68. The van der Waals surface area contributed by atoms with Crippen molar-refractivity contribution in [2.24, 2.45) is 5.92 Å². The number of hydrogen-bond donors (Lipinski definition) is 2. The lowest BCUT2D eigenvalue weighted by atomic mass is 10.0. The highest BCUT2D eigenvalue weighted by Gasteiger charge is 2.19. The van der Waals surface area contributed by atoms with E-state index >= 15 is 0 Å². The SMILES string of the molecule is CCC(CC)CNCc1ccc(N2CCC(O)CC2)c(F)c1. The molecule has 124 valence electrons. The van der Waals surface area contributed by atoms with Crippen LogP contribution in [-0.4, -0.2) is 30.8 Å². The summed E-state index contributed by atoms with van der Waals surface area (Å²) in [6.07, 6.45) is 3.57. The molecule has 1 aromatic carbocycles. The quantitative estimate of drug-likeness (QED) is 0.811. The second kappa shape index (κ2) is 8.49. The van der Waals surface area contributed by atoms with Crippen molar-refractivity contribution in [2.45, 2.75) is 52.2 Å². The van der Waals surface area contributed by atoms with E-state index in [9.17, 15) is 9.50 Å². The zero-order valence-corrected chi connectivity index (χ0v) is 13.8. The van der Waals surface area contributed by atoms with Crippen molar-refractivity contribution in [3.63, 3.8) is 0 Å². The van der Waals surface area contributed by atoms with E-state index in [1.54, 1.807) is 6.07 Å². The number of hydrogen-bond acceptors (Lipinski definition) is 3. The van der Waals surface area contributed by atoms with Crippen LogP contribution in [0.25, 0.3) is 0 Å². The minimum atomic E-state index is -0.229. The van der Waals surface area contributed by atoms with Gasteiger partial charge in [-0.2, -0.15) is 0 Å². The largest absolute Gasteiger partial charge is 0.393 e. The van der Waals surface area contributed by atoms with E-state index in [2.05, 4.69) is 19.2 Å². The van der Waals surface area contributed by atoms with Gasteiger partial charge in [0.25, 0.3) is 0 Å². The van der Waals surface area contributed by atoms with Crippen molar-refractivity contribution in [2.75, 3.05) is 24.5 Å². The third-order valence-electron chi connectivity index (χ3n) is 4.73. The van der Waals surface area contributed by atoms with E-state index in [0.29, 0.717) is 18.2 Å². The molecule has 22 heavy (non-hydrogen) atoms. The zero-order chi connectivity index (χ0) is 15.9. The summed E-state index contributed by atoms with van der Waals surface area (Å²) in [7, 11) is 0. The summed E-state index contributed by atoms with van der Waals surface area (Å²) in [5.74, 6) is 0.544. The number of nitrogens with one attached hydrogen (secondary N) is 1. The highest BCUT2D eigenvalue weighted by Crippen LogP contribution is 2.24. The molecular formula is C18H29FN2O. The van der Waals surface area contributed by atoms with Gasteiger partial charge in [0.05, 0.1) is 11.8 Å². The molecule has 1 aliphatic rings. The van der Waals surface area contributed by atoms with Crippen LogP contribution in [0.4, 0.5) is 10.1 Å². The van der Waals surface area contributed by atoms with Crippen LogP contribution in [0.5, 0.6) is 0 Å². The molecule has 0 aromatic heterocycles. The predicted octanol–water partition coefficient (Wildman–Crippen LogP) is 3.31. The van der Waals surface area contributed by atoms with Gasteiger partial charge in [-0.3, -0.25) is 0 Å². The fourth-order valence-corrected chi connectivity index (χ4v) is 3.02. The second-order valence-corrected chi connectivity index (χ2v) is 6.32. The Morgan fingerprint density at radius 2 is 1.95 bits per heavy atom. The maximum atomic E-state index is 14.3. The standard InChI is InChI=1S/C18H29FN2O/c1-3-14(4-2)12-20-13-15-5-6-18(17(19)11-15)21-9-7-16(22)8-10-21/h5-6,11,14,16,20,22H,3-4,7-10,12-13H2,1-2H3. The Bertz CT molecular complexity index is 454. The number of anilines is 1. The molecule has 1 saturated heterocycles. The fraction of sp³-hybridized carbons (Fsp3) is 0.667. The molecule has 0 spiro atoms. The summed E-state index contributed by atoms with van der Waals surface area (Å²) in [4.78, 5) is 2.03. The Morgan fingerprint density at radius 3 is 2.55 bits per heavy atom. The van der Waals surface area contributed by atoms with Crippen LogP contribution in [0, 0.1) is 11.7 Å². The van der Waals surface area contributed by atoms with Crippen molar-refractivity contribution in [3.8, 4) is 0 Å². The molecule has 0 bridgehead atoms. The van der Waals surface area contributed by atoms with Crippen molar-refractivity contribution >= 4 is 5.69 Å². The molecule has 2 rings (SSSR count). The zero-order valence-electron chi connectivity index (χ0n) is 13.8. The molecule has 1 heterocycles. The van der Waals surface area contributed by atoms with Gasteiger partial charge < -0.3 is 15.3 Å². The third-order valence-corrected chi connectivity index (χ3v) is 4.73. The molecule has 4 heteroatoms. The number of aliphatic hydroxyl groups excluding tert-OH is 1. The van der Waals surface area contributed by atoms with Crippen molar-refractivity contribution in [3.05, 3.63) is 29.6 Å². The first-order valence-electron chi connectivity index (χ1n) is 8.56. The average Bonchev–Trinajstić information content (AvgIpc) is 2.53. The molecule has 0 atom stereocenters. The number of aliphatic hydroxyl groups is 1. The lowest BCUT2D eigenvalue weighted by Crippen LogP contribution is -2.36. The van der Waals surface area contributed by atoms with Gasteiger partial charge in [-0.05, 0) is 43.0 Å². The Balaban J connectivity index is 1.89. The molecule has 0 aliphatic carbocycles. The van der Waals surface area contributed by atoms with Gasteiger partial charge in [0.15, 0.2) is 0 Å². The van der Waals surface area contributed by atoms with Crippen LogP contribution in [0.15, 0.2) is 18.2 Å². The Hall–Kier alpha value is -1.13. The molecule has 0 amide bonds. The first-order valence-corrected chi connectivity index (χ1v) is 8.56. The Morgan fingerprint density at radius 1 is 1.27 bits per heavy atom. The van der Waals surface area contributed by atoms with E-state index in [-0.39, 0.29) is 11.9 Å². The molecule has 1 aromatic rings. The normalized spacial score (nSPS) is 16.5. The monoisotopic (exact) mass is 308 g/mol. The van der Waals surface area contributed by atoms with E-state index in [1.165, 1.54) is 12.8 Å². The summed E-state index contributed by atoms with van der Waals surface area (Å²) >= 11 is 0. The summed E-state index contributed by atoms with van der Waals surface area (Å²) in [6, 6.07) is 5.52. The minimum Gasteiger partial charge on any atom is -0.393 e. The Kier molecular flexibility index (Phi) is 6.65. The van der Waals surface area contributed by atoms with E-state index < -0.39 is 0 Å². The van der Waals surface area contributed by atoms with Crippen LogP contribution in [0.2, 0.25) is 0 Å². The van der Waals surface area contributed by atoms with Gasteiger partial charge >= 0.3 is 0 Å². The van der Waals surface area contributed by atoms with Gasteiger partial charge in [-0.15, -0.1) is 0 Å². The average molecular weight is 308 g/mol. The highest BCUT2D eigenvalue weighted by molar-refractivity contribution is 5.49. The first kappa shape index (κ1) is 17.2. The van der Waals surface area contributed by atoms with E-state index in [0.717, 1.165) is 38.0 Å².